The normalized spacial score (nSPS) is 10.6. The van der Waals surface area contributed by atoms with Gasteiger partial charge in [-0.3, -0.25) is 9.59 Å². The maximum Gasteiger partial charge on any atom is 0.305 e. The van der Waals surface area contributed by atoms with E-state index in [1.165, 1.54) is 18.7 Å². The van der Waals surface area contributed by atoms with Crippen molar-refractivity contribution in [1.29, 1.82) is 0 Å². The van der Waals surface area contributed by atoms with E-state index in [1.807, 2.05) is 43.3 Å². The van der Waals surface area contributed by atoms with E-state index >= 15 is 0 Å². The van der Waals surface area contributed by atoms with Crippen molar-refractivity contribution in [2.75, 3.05) is 13.7 Å². The third-order valence-corrected chi connectivity index (χ3v) is 3.93. The van der Waals surface area contributed by atoms with Gasteiger partial charge in [0.15, 0.2) is 0 Å². The molecule has 2 aromatic rings. The fourth-order valence-electron chi connectivity index (χ4n) is 2.37. The summed E-state index contributed by atoms with van der Waals surface area (Å²) in [6, 6.07) is 15.7. The van der Waals surface area contributed by atoms with Crippen molar-refractivity contribution >= 4 is 18.0 Å². The lowest BCUT2D eigenvalue weighted by molar-refractivity contribution is -0.140. The molecule has 2 aromatic carbocycles. The molecule has 5 nitrogen and oxygen atoms in total. The molecule has 0 radical (unpaired) electrons. The monoisotopic (exact) mass is 367 g/mol. The lowest BCUT2D eigenvalue weighted by atomic mass is 10.1. The highest BCUT2D eigenvalue weighted by Gasteiger charge is 2.03. The van der Waals surface area contributed by atoms with Crippen LogP contribution in [0.2, 0.25) is 0 Å². The second-order valence-corrected chi connectivity index (χ2v) is 6.12. The second kappa shape index (κ2) is 10.8. The Bertz CT molecular complexity index is 781. The molecule has 142 valence electrons. The molecular formula is C22H25NO4. The second-order valence-electron chi connectivity index (χ2n) is 6.12. The summed E-state index contributed by atoms with van der Waals surface area (Å²) in [5.41, 5.74) is 3.12. The molecule has 1 N–H and O–H groups in total. The average Bonchev–Trinajstić information content (AvgIpc) is 2.69. The highest BCUT2D eigenvalue weighted by Crippen LogP contribution is 2.21. The van der Waals surface area contributed by atoms with Gasteiger partial charge in [-0.15, -0.1) is 0 Å². The predicted molar refractivity (Wildman–Crippen MR) is 105 cm³/mol. The quantitative estimate of drug-likeness (QED) is 0.417. The summed E-state index contributed by atoms with van der Waals surface area (Å²) in [5, 5.41) is 2.74. The first kappa shape index (κ1) is 20.2. The number of aryl methyl sites for hydroxylation is 1. The van der Waals surface area contributed by atoms with Gasteiger partial charge in [0.2, 0.25) is 5.91 Å². The molecule has 0 fully saturated rings. The summed E-state index contributed by atoms with van der Waals surface area (Å²) in [7, 11) is 1.35. The van der Waals surface area contributed by atoms with Gasteiger partial charge in [0.1, 0.15) is 12.4 Å². The van der Waals surface area contributed by atoms with Crippen molar-refractivity contribution in [3.8, 4) is 5.75 Å². The number of hydrogen-bond donors (Lipinski definition) is 1. The van der Waals surface area contributed by atoms with Crippen molar-refractivity contribution in [3.63, 3.8) is 0 Å². The topological polar surface area (TPSA) is 64.6 Å². The van der Waals surface area contributed by atoms with Crippen LogP contribution in [-0.2, 0) is 20.9 Å². The molecule has 5 heteroatoms. The minimum Gasteiger partial charge on any atom is -0.488 e. The maximum atomic E-state index is 11.9. The Labute approximate surface area is 160 Å². The summed E-state index contributed by atoms with van der Waals surface area (Å²) in [6.45, 7) is 2.93. The van der Waals surface area contributed by atoms with E-state index in [9.17, 15) is 9.59 Å². The van der Waals surface area contributed by atoms with E-state index in [0.717, 1.165) is 11.1 Å². The van der Waals surface area contributed by atoms with E-state index in [4.69, 9.17) is 4.74 Å². The number of carbonyl (C=O) groups is 2. The third kappa shape index (κ3) is 7.36. The Morgan fingerprint density at radius 3 is 2.56 bits per heavy atom. The van der Waals surface area contributed by atoms with Crippen LogP contribution in [0.25, 0.3) is 6.08 Å². The van der Waals surface area contributed by atoms with Crippen LogP contribution in [0, 0.1) is 6.92 Å². The zero-order chi connectivity index (χ0) is 19.5. The van der Waals surface area contributed by atoms with Crippen LogP contribution in [-0.4, -0.2) is 25.5 Å². The zero-order valence-electron chi connectivity index (χ0n) is 15.7. The average molecular weight is 367 g/mol. The number of rotatable bonds is 9. The van der Waals surface area contributed by atoms with Crippen molar-refractivity contribution < 1.29 is 19.1 Å². The maximum absolute atomic E-state index is 11.9. The van der Waals surface area contributed by atoms with Gasteiger partial charge in [0.25, 0.3) is 0 Å². The minimum atomic E-state index is -0.278. The van der Waals surface area contributed by atoms with Crippen LogP contribution in [0.5, 0.6) is 5.75 Å². The standard InChI is InChI=1S/C22H25NO4/c1-17-9-11-18(12-10-17)16-27-20-7-4-3-6-19(20)13-14-21(24)23-15-5-8-22(25)26-2/h3-4,6-7,9-14H,5,8,15-16H2,1-2H3,(H,23,24)/b14-13+. The number of esters is 1. The molecule has 0 atom stereocenters. The Morgan fingerprint density at radius 2 is 1.81 bits per heavy atom. The first-order chi connectivity index (χ1) is 13.1. The number of methoxy groups -OCH3 is 1. The highest BCUT2D eigenvalue weighted by atomic mass is 16.5. The molecule has 2 rings (SSSR count). The minimum absolute atomic E-state index is 0.215. The van der Waals surface area contributed by atoms with Gasteiger partial charge in [-0.25, -0.2) is 0 Å². The Kier molecular flexibility index (Phi) is 8.10. The number of para-hydroxylation sites is 1. The van der Waals surface area contributed by atoms with Crippen molar-refractivity contribution in [2.24, 2.45) is 0 Å². The third-order valence-electron chi connectivity index (χ3n) is 3.93. The van der Waals surface area contributed by atoms with Gasteiger partial charge in [-0.1, -0.05) is 48.0 Å². The van der Waals surface area contributed by atoms with E-state index in [-0.39, 0.29) is 18.3 Å². The van der Waals surface area contributed by atoms with E-state index in [1.54, 1.807) is 6.08 Å². The van der Waals surface area contributed by atoms with Crippen LogP contribution in [0.15, 0.2) is 54.6 Å². The number of hydrogen-bond acceptors (Lipinski definition) is 4. The van der Waals surface area contributed by atoms with Crippen LogP contribution in [0.3, 0.4) is 0 Å². The first-order valence-corrected chi connectivity index (χ1v) is 8.88. The number of ether oxygens (including phenoxy) is 2. The first-order valence-electron chi connectivity index (χ1n) is 8.88. The molecule has 0 aliphatic heterocycles. The molecule has 0 aliphatic carbocycles. The van der Waals surface area contributed by atoms with Crippen LogP contribution >= 0.6 is 0 Å². The summed E-state index contributed by atoms with van der Waals surface area (Å²) in [6.07, 6.45) is 4.02. The molecule has 0 aliphatic rings. The molecule has 0 heterocycles. The van der Waals surface area contributed by atoms with Gasteiger partial charge < -0.3 is 14.8 Å². The van der Waals surface area contributed by atoms with E-state index in [2.05, 4.69) is 22.2 Å². The highest BCUT2D eigenvalue weighted by molar-refractivity contribution is 5.92. The van der Waals surface area contributed by atoms with Crippen molar-refractivity contribution in [2.45, 2.75) is 26.4 Å². The molecule has 1 amide bonds. The summed E-state index contributed by atoms with van der Waals surface area (Å²) in [4.78, 5) is 22.9. The van der Waals surface area contributed by atoms with Crippen LogP contribution < -0.4 is 10.1 Å². The van der Waals surface area contributed by atoms with E-state index in [0.29, 0.717) is 25.3 Å². The Hall–Kier alpha value is -3.08. The van der Waals surface area contributed by atoms with Gasteiger partial charge in [-0.05, 0) is 31.1 Å². The van der Waals surface area contributed by atoms with E-state index < -0.39 is 0 Å². The lowest BCUT2D eigenvalue weighted by Crippen LogP contribution is -2.22. The fraction of sp³-hybridized carbons (Fsp3) is 0.273. The summed E-state index contributed by atoms with van der Waals surface area (Å²) >= 11 is 0. The van der Waals surface area contributed by atoms with Gasteiger partial charge >= 0.3 is 5.97 Å². The van der Waals surface area contributed by atoms with Crippen LogP contribution in [0.4, 0.5) is 0 Å². The largest absolute Gasteiger partial charge is 0.488 e. The Balaban J connectivity index is 1.86. The lowest BCUT2D eigenvalue weighted by Gasteiger charge is -2.09. The number of amides is 1. The fourth-order valence-corrected chi connectivity index (χ4v) is 2.37. The predicted octanol–water partition coefficient (Wildman–Crippen LogP) is 3.66. The SMILES string of the molecule is COC(=O)CCCNC(=O)/C=C/c1ccccc1OCc1ccc(C)cc1. The van der Waals surface area contributed by atoms with Crippen molar-refractivity contribution in [3.05, 3.63) is 71.3 Å². The molecule has 0 aromatic heterocycles. The molecule has 27 heavy (non-hydrogen) atoms. The van der Waals surface area contributed by atoms with Gasteiger partial charge in [-0.2, -0.15) is 0 Å². The molecule has 0 unspecified atom stereocenters. The summed E-state index contributed by atoms with van der Waals surface area (Å²) < 4.78 is 10.5. The van der Waals surface area contributed by atoms with Crippen LogP contribution in [0.1, 0.15) is 29.5 Å². The van der Waals surface area contributed by atoms with Gasteiger partial charge in [0, 0.05) is 24.6 Å². The number of carbonyl (C=O) groups excluding carboxylic acids is 2. The zero-order valence-corrected chi connectivity index (χ0v) is 15.7. The molecule has 0 saturated heterocycles. The molecule has 0 saturated carbocycles. The smallest absolute Gasteiger partial charge is 0.305 e. The Morgan fingerprint density at radius 1 is 1.07 bits per heavy atom. The molecule has 0 bridgehead atoms. The number of nitrogens with one attached hydrogen (secondary N) is 1. The molecule has 0 spiro atoms. The summed E-state index contributed by atoms with van der Waals surface area (Å²) in [5.74, 6) is 0.223. The van der Waals surface area contributed by atoms with Gasteiger partial charge in [0.05, 0.1) is 7.11 Å². The number of benzene rings is 2. The van der Waals surface area contributed by atoms with Crippen molar-refractivity contribution in [1.82, 2.24) is 5.32 Å². The molecular weight excluding hydrogens is 342 g/mol.